The first-order chi connectivity index (χ1) is 11.7. The maximum absolute atomic E-state index is 12.4. The van der Waals surface area contributed by atoms with Gasteiger partial charge in [-0.05, 0) is 31.2 Å². The summed E-state index contributed by atoms with van der Waals surface area (Å²) in [7, 11) is 0. The van der Waals surface area contributed by atoms with Crippen molar-refractivity contribution in [3.05, 3.63) is 70.1 Å². The number of carbonyl (C=O) groups excluding carboxylic acids is 1. The third kappa shape index (κ3) is 3.36. The second-order valence-corrected chi connectivity index (χ2v) is 5.53. The Bertz CT molecular complexity index is 914. The van der Waals surface area contributed by atoms with Gasteiger partial charge in [0.1, 0.15) is 11.9 Å². The Kier molecular flexibility index (Phi) is 4.72. The predicted octanol–water partition coefficient (Wildman–Crippen LogP) is 3.13. The molecule has 0 amide bonds. The van der Waals surface area contributed by atoms with E-state index in [9.17, 15) is 9.59 Å². The van der Waals surface area contributed by atoms with Gasteiger partial charge in [0.25, 0.3) is 0 Å². The standard InChI is InChI=1S/C19H18N2O3/c1-13-6-8-14(9-7-13)21-18-15-4-2-3-5-17(15)24-19(23)16(18)12-20-10-11-22/h2-9,11,20-21H,10,12H2,1H3. The molecule has 0 fully saturated rings. The first-order valence-corrected chi connectivity index (χ1v) is 7.72. The summed E-state index contributed by atoms with van der Waals surface area (Å²) < 4.78 is 5.40. The number of para-hydroxylation sites is 1. The molecule has 1 aromatic heterocycles. The van der Waals surface area contributed by atoms with E-state index in [1.165, 1.54) is 0 Å². The van der Waals surface area contributed by atoms with E-state index in [1.54, 1.807) is 6.07 Å². The lowest BCUT2D eigenvalue weighted by Crippen LogP contribution is -2.22. The maximum Gasteiger partial charge on any atom is 0.342 e. The van der Waals surface area contributed by atoms with Gasteiger partial charge in [-0.1, -0.05) is 29.8 Å². The van der Waals surface area contributed by atoms with Crippen LogP contribution in [0.25, 0.3) is 11.0 Å². The quantitative estimate of drug-likeness (QED) is 0.414. The molecule has 122 valence electrons. The molecule has 5 heteroatoms. The summed E-state index contributed by atoms with van der Waals surface area (Å²) in [6, 6.07) is 15.3. The molecule has 0 aliphatic carbocycles. The number of benzene rings is 2. The fraction of sp³-hybridized carbons (Fsp3) is 0.158. The van der Waals surface area contributed by atoms with Crippen molar-refractivity contribution in [2.24, 2.45) is 0 Å². The molecule has 3 aromatic rings. The molecule has 5 nitrogen and oxygen atoms in total. The highest BCUT2D eigenvalue weighted by molar-refractivity contribution is 5.93. The molecule has 2 N–H and O–H groups in total. The Labute approximate surface area is 139 Å². The molecule has 0 spiro atoms. The summed E-state index contributed by atoms with van der Waals surface area (Å²) in [5, 5.41) is 7.07. The van der Waals surface area contributed by atoms with Crippen molar-refractivity contribution >= 4 is 28.6 Å². The minimum atomic E-state index is -0.415. The van der Waals surface area contributed by atoms with Crippen LogP contribution >= 0.6 is 0 Å². The van der Waals surface area contributed by atoms with Gasteiger partial charge in [0.15, 0.2) is 0 Å². The van der Waals surface area contributed by atoms with Crippen LogP contribution in [0.3, 0.4) is 0 Å². The molecule has 0 aliphatic heterocycles. The SMILES string of the molecule is Cc1ccc(Nc2c(CNCC=O)c(=O)oc3ccccc23)cc1. The second-order valence-electron chi connectivity index (χ2n) is 5.53. The summed E-state index contributed by atoms with van der Waals surface area (Å²) in [5.74, 6) is 0. The first-order valence-electron chi connectivity index (χ1n) is 7.72. The summed E-state index contributed by atoms with van der Waals surface area (Å²) in [6.45, 7) is 2.45. The molecular weight excluding hydrogens is 304 g/mol. The number of aryl methyl sites for hydroxylation is 1. The van der Waals surface area contributed by atoms with Crippen LogP contribution in [-0.2, 0) is 11.3 Å². The predicted molar refractivity (Wildman–Crippen MR) is 94.7 cm³/mol. The molecule has 0 aliphatic rings. The molecule has 24 heavy (non-hydrogen) atoms. The normalized spacial score (nSPS) is 10.7. The smallest absolute Gasteiger partial charge is 0.342 e. The Balaban J connectivity index is 2.09. The van der Waals surface area contributed by atoms with Crippen molar-refractivity contribution in [1.82, 2.24) is 5.32 Å². The number of hydrogen-bond donors (Lipinski definition) is 2. The van der Waals surface area contributed by atoms with Gasteiger partial charge in [-0.3, -0.25) is 0 Å². The summed E-state index contributed by atoms with van der Waals surface area (Å²) in [6.07, 6.45) is 0.760. The Morgan fingerprint density at radius 3 is 2.58 bits per heavy atom. The van der Waals surface area contributed by atoms with E-state index in [0.717, 1.165) is 22.9 Å². The van der Waals surface area contributed by atoms with Crippen LogP contribution in [0.15, 0.2) is 57.7 Å². The second kappa shape index (κ2) is 7.10. The zero-order chi connectivity index (χ0) is 16.9. The first kappa shape index (κ1) is 16.0. The number of rotatable bonds is 6. The highest BCUT2D eigenvalue weighted by atomic mass is 16.4. The van der Waals surface area contributed by atoms with Crippen LogP contribution in [0, 0.1) is 6.92 Å². The molecule has 0 saturated carbocycles. The number of aldehydes is 1. The van der Waals surface area contributed by atoms with E-state index < -0.39 is 5.63 Å². The Hall–Kier alpha value is -2.92. The van der Waals surface area contributed by atoms with Crippen molar-refractivity contribution in [2.45, 2.75) is 13.5 Å². The maximum atomic E-state index is 12.4. The lowest BCUT2D eigenvalue weighted by Gasteiger charge is -2.14. The molecule has 1 heterocycles. The molecule has 0 unspecified atom stereocenters. The highest BCUT2D eigenvalue weighted by Crippen LogP contribution is 2.28. The van der Waals surface area contributed by atoms with Gasteiger partial charge < -0.3 is 19.8 Å². The van der Waals surface area contributed by atoms with E-state index in [0.29, 0.717) is 16.8 Å². The average Bonchev–Trinajstić information content (AvgIpc) is 2.59. The van der Waals surface area contributed by atoms with Crippen LogP contribution in [0.1, 0.15) is 11.1 Å². The minimum Gasteiger partial charge on any atom is -0.422 e. The number of anilines is 2. The van der Waals surface area contributed by atoms with Gasteiger partial charge in [-0.25, -0.2) is 4.79 Å². The molecule has 2 aromatic carbocycles. The van der Waals surface area contributed by atoms with Crippen molar-refractivity contribution in [3.8, 4) is 0 Å². The van der Waals surface area contributed by atoms with Gasteiger partial charge >= 0.3 is 5.63 Å². The number of nitrogens with one attached hydrogen (secondary N) is 2. The van der Waals surface area contributed by atoms with Gasteiger partial charge in [0, 0.05) is 17.6 Å². The zero-order valence-electron chi connectivity index (χ0n) is 13.3. The van der Waals surface area contributed by atoms with Crippen LogP contribution in [-0.4, -0.2) is 12.8 Å². The van der Waals surface area contributed by atoms with Gasteiger partial charge in [0.05, 0.1) is 17.8 Å². The third-order valence-electron chi connectivity index (χ3n) is 3.76. The lowest BCUT2D eigenvalue weighted by molar-refractivity contribution is -0.107. The lowest BCUT2D eigenvalue weighted by atomic mass is 10.1. The highest BCUT2D eigenvalue weighted by Gasteiger charge is 2.14. The number of hydrogen-bond acceptors (Lipinski definition) is 5. The summed E-state index contributed by atoms with van der Waals surface area (Å²) in [4.78, 5) is 22.9. The van der Waals surface area contributed by atoms with E-state index in [2.05, 4.69) is 10.6 Å². The van der Waals surface area contributed by atoms with Crippen molar-refractivity contribution in [1.29, 1.82) is 0 Å². The topological polar surface area (TPSA) is 71.3 Å². The van der Waals surface area contributed by atoms with E-state index in [4.69, 9.17) is 4.42 Å². The van der Waals surface area contributed by atoms with Gasteiger partial charge in [0.2, 0.25) is 0 Å². The zero-order valence-corrected chi connectivity index (χ0v) is 13.3. The average molecular weight is 322 g/mol. The molecule has 0 atom stereocenters. The molecule has 3 rings (SSSR count). The van der Waals surface area contributed by atoms with Crippen LogP contribution in [0.5, 0.6) is 0 Å². The largest absolute Gasteiger partial charge is 0.422 e. The Morgan fingerprint density at radius 1 is 1.08 bits per heavy atom. The summed E-state index contributed by atoms with van der Waals surface area (Å²) >= 11 is 0. The summed E-state index contributed by atoms with van der Waals surface area (Å²) in [5.41, 5.74) is 3.32. The van der Waals surface area contributed by atoms with Crippen molar-refractivity contribution in [2.75, 3.05) is 11.9 Å². The van der Waals surface area contributed by atoms with Crippen molar-refractivity contribution in [3.63, 3.8) is 0 Å². The minimum absolute atomic E-state index is 0.177. The van der Waals surface area contributed by atoms with Crippen LogP contribution in [0.4, 0.5) is 11.4 Å². The fourth-order valence-corrected chi connectivity index (χ4v) is 2.53. The van der Waals surface area contributed by atoms with E-state index in [1.807, 2.05) is 49.4 Å². The molecule has 0 bridgehead atoms. The van der Waals surface area contributed by atoms with E-state index in [-0.39, 0.29) is 13.1 Å². The Morgan fingerprint density at radius 2 is 1.83 bits per heavy atom. The fourth-order valence-electron chi connectivity index (χ4n) is 2.53. The molecular formula is C19H18N2O3. The third-order valence-corrected chi connectivity index (χ3v) is 3.76. The van der Waals surface area contributed by atoms with Crippen molar-refractivity contribution < 1.29 is 9.21 Å². The van der Waals surface area contributed by atoms with E-state index >= 15 is 0 Å². The van der Waals surface area contributed by atoms with Gasteiger partial charge in [-0.2, -0.15) is 0 Å². The number of fused-ring (bicyclic) bond motifs is 1. The van der Waals surface area contributed by atoms with Crippen LogP contribution < -0.4 is 16.3 Å². The van der Waals surface area contributed by atoms with Crippen LogP contribution in [0.2, 0.25) is 0 Å². The molecule has 0 radical (unpaired) electrons. The monoisotopic (exact) mass is 322 g/mol. The molecule has 0 saturated heterocycles. The number of carbonyl (C=O) groups is 1. The van der Waals surface area contributed by atoms with Gasteiger partial charge in [-0.15, -0.1) is 0 Å².